The van der Waals surface area contributed by atoms with E-state index in [1.807, 2.05) is 6.20 Å². The minimum absolute atomic E-state index is 0.0267. The normalized spacial score (nSPS) is 29.7. The number of aromatic nitrogens is 2. The van der Waals surface area contributed by atoms with Crippen LogP contribution in [0.5, 0.6) is 0 Å². The van der Waals surface area contributed by atoms with E-state index in [1.165, 1.54) is 0 Å². The van der Waals surface area contributed by atoms with Crippen molar-refractivity contribution in [1.82, 2.24) is 9.97 Å². The third-order valence-electron chi connectivity index (χ3n) is 4.09. The number of hydrogen-bond acceptors (Lipinski definition) is 5. The van der Waals surface area contributed by atoms with Crippen LogP contribution in [0.15, 0.2) is 6.20 Å². The first-order valence-electron chi connectivity index (χ1n) is 6.87. The summed E-state index contributed by atoms with van der Waals surface area (Å²) in [5.41, 5.74) is 8.19. The van der Waals surface area contributed by atoms with Crippen molar-refractivity contribution in [2.24, 2.45) is 5.73 Å². The molecule has 2 N–H and O–H groups in total. The second-order valence-corrected chi connectivity index (χ2v) is 7.81. The monoisotopic (exact) mass is 281 g/mol. The highest BCUT2D eigenvalue weighted by molar-refractivity contribution is 7.91. The van der Waals surface area contributed by atoms with Crippen molar-refractivity contribution >= 4 is 9.84 Å². The molecule has 2 unspecified atom stereocenters. The van der Waals surface area contributed by atoms with Crippen LogP contribution in [0.2, 0.25) is 0 Å². The first-order chi connectivity index (χ1) is 9.05. The standard InChI is InChI=1S/C13H19N3O2S/c14-11-3-1-2-4-12-10(11)7-15-13(16-12)9-5-6-19(17,18)8-9/h7,9,11H,1-6,8,14H2. The second kappa shape index (κ2) is 4.83. The average molecular weight is 281 g/mol. The van der Waals surface area contributed by atoms with Crippen molar-refractivity contribution in [3.63, 3.8) is 0 Å². The summed E-state index contributed by atoms with van der Waals surface area (Å²) < 4.78 is 23.1. The van der Waals surface area contributed by atoms with Gasteiger partial charge in [-0.2, -0.15) is 0 Å². The van der Waals surface area contributed by atoms with Crippen LogP contribution in [0.3, 0.4) is 0 Å². The van der Waals surface area contributed by atoms with Crippen LogP contribution in [0.4, 0.5) is 0 Å². The van der Waals surface area contributed by atoms with Gasteiger partial charge >= 0.3 is 0 Å². The van der Waals surface area contributed by atoms with E-state index in [9.17, 15) is 8.42 Å². The molecule has 5 nitrogen and oxygen atoms in total. The number of nitrogens with zero attached hydrogens (tertiary/aromatic N) is 2. The number of sulfone groups is 1. The molecule has 2 aliphatic rings. The maximum Gasteiger partial charge on any atom is 0.151 e. The van der Waals surface area contributed by atoms with Crippen LogP contribution in [0.1, 0.15) is 54.7 Å². The summed E-state index contributed by atoms with van der Waals surface area (Å²) in [5, 5.41) is 0. The molecule has 0 aromatic carbocycles. The maximum absolute atomic E-state index is 11.5. The van der Waals surface area contributed by atoms with Crippen LogP contribution in [0, 0.1) is 0 Å². The third kappa shape index (κ3) is 2.65. The Bertz CT molecular complexity index is 586. The summed E-state index contributed by atoms with van der Waals surface area (Å²) in [6.45, 7) is 0. The predicted octanol–water partition coefficient (Wildman–Crippen LogP) is 1.10. The summed E-state index contributed by atoms with van der Waals surface area (Å²) in [6, 6.07) is 0.0267. The Labute approximate surface area is 113 Å². The van der Waals surface area contributed by atoms with Crippen LogP contribution in [-0.4, -0.2) is 29.9 Å². The molecular formula is C13H19N3O2S. The molecule has 1 aromatic rings. The van der Waals surface area contributed by atoms with Crippen molar-refractivity contribution in [2.45, 2.75) is 44.1 Å². The van der Waals surface area contributed by atoms with Crippen molar-refractivity contribution in [3.8, 4) is 0 Å². The van der Waals surface area contributed by atoms with E-state index in [0.717, 1.165) is 36.9 Å². The van der Waals surface area contributed by atoms with E-state index < -0.39 is 9.84 Å². The predicted molar refractivity (Wildman–Crippen MR) is 72.5 cm³/mol. The van der Waals surface area contributed by atoms with Gasteiger partial charge in [-0.3, -0.25) is 0 Å². The minimum atomic E-state index is -2.89. The molecule has 104 valence electrons. The zero-order valence-corrected chi connectivity index (χ0v) is 11.7. The topological polar surface area (TPSA) is 85.9 Å². The van der Waals surface area contributed by atoms with Crippen LogP contribution in [-0.2, 0) is 16.3 Å². The number of nitrogens with two attached hydrogens (primary N) is 1. The van der Waals surface area contributed by atoms with Gasteiger partial charge in [-0.15, -0.1) is 0 Å². The molecule has 0 bridgehead atoms. The molecule has 0 amide bonds. The molecule has 6 heteroatoms. The molecule has 19 heavy (non-hydrogen) atoms. The average Bonchev–Trinajstić information content (AvgIpc) is 2.63. The molecule has 2 atom stereocenters. The van der Waals surface area contributed by atoms with Crippen molar-refractivity contribution in [3.05, 3.63) is 23.3 Å². The summed E-state index contributed by atoms with van der Waals surface area (Å²) in [6.07, 6.45) is 6.59. The highest BCUT2D eigenvalue weighted by atomic mass is 32.2. The molecule has 1 aliphatic carbocycles. The van der Waals surface area contributed by atoms with Crippen molar-refractivity contribution < 1.29 is 8.42 Å². The molecular weight excluding hydrogens is 262 g/mol. The van der Waals surface area contributed by atoms with Gasteiger partial charge in [0.05, 0.1) is 11.5 Å². The van der Waals surface area contributed by atoms with Gasteiger partial charge in [0.2, 0.25) is 0 Å². The molecule has 1 fully saturated rings. The SMILES string of the molecule is NC1CCCCc2nc(C3CCS(=O)(=O)C3)ncc21. The molecule has 1 saturated heterocycles. The van der Waals surface area contributed by atoms with E-state index in [-0.39, 0.29) is 23.5 Å². The van der Waals surface area contributed by atoms with Crippen LogP contribution in [0.25, 0.3) is 0 Å². The molecule has 3 rings (SSSR count). The number of aryl methyl sites for hydroxylation is 1. The summed E-state index contributed by atoms with van der Waals surface area (Å²) >= 11 is 0. The second-order valence-electron chi connectivity index (χ2n) is 5.58. The Morgan fingerprint density at radius 3 is 2.84 bits per heavy atom. The molecule has 1 aromatic heterocycles. The fourth-order valence-corrected chi connectivity index (χ4v) is 4.70. The third-order valence-corrected chi connectivity index (χ3v) is 5.86. The Kier molecular flexibility index (Phi) is 3.30. The highest BCUT2D eigenvalue weighted by Crippen LogP contribution is 2.30. The smallest absolute Gasteiger partial charge is 0.151 e. The Hall–Kier alpha value is -1.01. The summed E-state index contributed by atoms with van der Waals surface area (Å²) in [5.74, 6) is 1.11. The van der Waals surface area contributed by atoms with Crippen LogP contribution >= 0.6 is 0 Å². The zero-order valence-electron chi connectivity index (χ0n) is 10.9. The summed E-state index contributed by atoms with van der Waals surface area (Å²) in [4.78, 5) is 8.99. The Morgan fingerprint density at radius 2 is 2.11 bits per heavy atom. The van der Waals surface area contributed by atoms with Gasteiger partial charge < -0.3 is 5.73 Å². The number of hydrogen-bond donors (Lipinski definition) is 1. The lowest BCUT2D eigenvalue weighted by Crippen LogP contribution is -2.15. The van der Waals surface area contributed by atoms with E-state index in [0.29, 0.717) is 12.2 Å². The van der Waals surface area contributed by atoms with Gasteiger partial charge in [-0.05, 0) is 25.7 Å². The molecule has 0 saturated carbocycles. The van der Waals surface area contributed by atoms with Gasteiger partial charge in [-0.1, -0.05) is 6.42 Å². The lowest BCUT2D eigenvalue weighted by molar-refractivity contribution is 0.600. The fourth-order valence-electron chi connectivity index (χ4n) is 2.96. The van der Waals surface area contributed by atoms with Gasteiger partial charge in [0.25, 0.3) is 0 Å². The Morgan fingerprint density at radius 1 is 1.26 bits per heavy atom. The fraction of sp³-hybridized carbons (Fsp3) is 0.692. The largest absolute Gasteiger partial charge is 0.324 e. The maximum atomic E-state index is 11.5. The van der Waals surface area contributed by atoms with E-state index in [4.69, 9.17) is 5.73 Å². The molecule has 0 spiro atoms. The lowest BCUT2D eigenvalue weighted by Gasteiger charge is -2.14. The first kappa shape index (κ1) is 13.0. The molecule has 1 aliphatic heterocycles. The Balaban J connectivity index is 1.91. The zero-order chi connectivity index (χ0) is 13.5. The van der Waals surface area contributed by atoms with Gasteiger partial charge in [-0.25, -0.2) is 18.4 Å². The lowest BCUT2D eigenvalue weighted by atomic mass is 10.0. The van der Waals surface area contributed by atoms with Gasteiger partial charge in [0, 0.05) is 29.4 Å². The number of rotatable bonds is 1. The van der Waals surface area contributed by atoms with Gasteiger partial charge in [0.1, 0.15) is 5.82 Å². The first-order valence-corrected chi connectivity index (χ1v) is 8.69. The van der Waals surface area contributed by atoms with Crippen LogP contribution < -0.4 is 5.73 Å². The van der Waals surface area contributed by atoms with E-state index in [1.54, 1.807) is 0 Å². The minimum Gasteiger partial charge on any atom is -0.324 e. The molecule has 0 radical (unpaired) electrons. The quantitative estimate of drug-likeness (QED) is 0.779. The van der Waals surface area contributed by atoms with E-state index in [2.05, 4.69) is 9.97 Å². The van der Waals surface area contributed by atoms with Gasteiger partial charge in [0.15, 0.2) is 9.84 Å². The van der Waals surface area contributed by atoms with E-state index >= 15 is 0 Å². The van der Waals surface area contributed by atoms with Crippen molar-refractivity contribution in [1.29, 1.82) is 0 Å². The number of fused-ring (bicyclic) bond motifs is 1. The highest BCUT2D eigenvalue weighted by Gasteiger charge is 2.31. The molecule has 2 heterocycles. The van der Waals surface area contributed by atoms with Crippen molar-refractivity contribution in [2.75, 3.05) is 11.5 Å². The summed E-state index contributed by atoms with van der Waals surface area (Å²) in [7, 11) is -2.89.